The Morgan fingerprint density at radius 1 is 1.29 bits per heavy atom. The summed E-state index contributed by atoms with van der Waals surface area (Å²) in [5, 5.41) is 11.5. The lowest BCUT2D eigenvalue weighted by Crippen LogP contribution is -2.36. The number of anilines is 1. The molecule has 0 spiro atoms. The predicted octanol–water partition coefficient (Wildman–Crippen LogP) is 4.40. The van der Waals surface area contributed by atoms with Gasteiger partial charge in [0.2, 0.25) is 11.0 Å². The monoisotopic (exact) mass is 474 g/mol. The second-order valence-corrected chi connectivity index (χ2v) is 10.2. The van der Waals surface area contributed by atoms with Crippen LogP contribution in [0.5, 0.6) is 5.75 Å². The smallest absolute Gasteiger partial charge is 0.266 e. The van der Waals surface area contributed by atoms with Gasteiger partial charge in [0.25, 0.3) is 5.91 Å². The number of amides is 2. The molecule has 1 aromatic carbocycles. The number of thioether (sulfide) groups is 1. The Morgan fingerprint density at radius 3 is 2.81 bits per heavy atom. The van der Waals surface area contributed by atoms with E-state index in [1.54, 1.807) is 13.0 Å². The van der Waals surface area contributed by atoms with E-state index in [-0.39, 0.29) is 24.5 Å². The molecule has 1 N–H and O–H groups in total. The Balaban J connectivity index is 1.45. The Bertz CT molecular complexity index is 1030. The van der Waals surface area contributed by atoms with Crippen LogP contribution in [0, 0.1) is 6.92 Å². The number of nitrogens with zero attached hydrogens (tertiary/aromatic N) is 3. The van der Waals surface area contributed by atoms with Crippen molar-refractivity contribution >= 4 is 62.7 Å². The number of thiocarbonyl (C=S) groups is 1. The molecule has 0 bridgehead atoms. The number of hydrogen-bond acceptors (Lipinski definition) is 8. The molecule has 2 aliphatic rings. The van der Waals surface area contributed by atoms with Crippen LogP contribution in [0.3, 0.4) is 0 Å². The lowest BCUT2D eigenvalue weighted by atomic mass is 9.97. The highest BCUT2D eigenvalue weighted by molar-refractivity contribution is 8.26. The first-order chi connectivity index (χ1) is 15.0. The van der Waals surface area contributed by atoms with E-state index in [0.717, 1.165) is 29.2 Å². The summed E-state index contributed by atoms with van der Waals surface area (Å²) in [7, 11) is 0. The van der Waals surface area contributed by atoms with E-state index < -0.39 is 0 Å². The van der Waals surface area contributed by atoms with Crippen LogP contribution in [0.2, 0.25) is 0 Å². The topological polar surface area (TPSA) is 84.4 Å². The third-order valence-corrected chi connectivity index (χ3v) is 7.13. The summed E-state index contributed by atoms with van der Waals surface area (Å²) in [5.74, 6) is 0.116. The van der Waals surface area contributed by atoms with Crippen LogP contribution in [0.4, 0.5) is 5.13 Å². The lowest BCUT2D eigenvalue weighted by Gasteiger charge is -2.23. The van der Waals surface area contributed by atoms with Gasteiger partial charge in [0.15, 0.2) is 0 Å². The molecule has 0 unspecified atom stereocenters. The quantitative estimate of drug-likeness (QED) is 0.491. The van der Waals surface area contributed by atoms with Crippen molar-refractivity contribution in [2.24, 2.45) is 0 Å². The minimum Gasteiger partial charge on any atom is -0.490 e. The van der Waals surface area contributed by atoms with Gasteiger partial charge in [-0.2, -0.15) is 0 Å². The van der Waals surface area contributed by atoms with Gasteiger partial charge in [0.05, 0.1) is 11.0 Å². The minimum atomic E-state index is -0.366. The zero-order valence-electron chi connectivity index (χ0n) is 17.0. The van der Waals surface area contributed by atoms with E-state index in [1.165, 1.54) is 47.3 Å². The molecule has 4 rings (SSSR count). The van der Waals surface area contributed by atoms with Crippen LogP contribution < -0.4 is 10.1 Å². The highest BCUT2D eigenvalue weighted by Gasteiger charge is 2.33. The maximum Gasteiger partial charge on any atom is 0.266 e. The van der Waals surface area contributed by atoms with Crippen LogP contribution >= 0.6 is 35.3 Å². The number of rotatable bonds is 6. The fraction of sp³-hybridized carbons (Fsp3) is 0.381. The summed E-state index contributed by atoms with van der Waals surface area (Å²) >= 11 is 7.82. The van der Waals surface area contributed by atoms with Crippen molar-refractivity contribution in [1.82, 2.24) is 15.1 Å². The van der Waals surface area contributed by atoms with Gasteiger partial charge in [-0.1, -0.05) is 59.9 Å². The highest BCUT2D eigenvalue weighted by atomic mass is 32.2. The summed E-state index contributed by atoms with van der Waals surface area (Å²) in [6.07, 6.45) is 7.75. The zero-order valence-corrected chi connectivity index (χ0v) is 19.4. The Kier molecular flexibility index (Phi) is 6.99. The van der Waals surface area contributed by atoms with Crippen molar-refractivity contribution in [3.63, 3.8) is 0 Å². The van der Waals surface area contributed by atoms with E-state index in [4.69, 9.17) is 17.0 Å². The molecule has 2 fully saturated rings. The molecule has 162 valence electrons. The van der Waals surface area contributed by atoms with Crippen molar-refractivity contribution in [3.8, 4) is 5.75 Å². The average molecular weight is 475 g/mol. The minimum absolute atomic E-state index is 0.166. The van der Waals surface area contributed by atoms with Crippen molar-refractivity contribution in [3.05, 3.63) is 39.7 Å². The van der Waals surface area contributed by atoms with Crippen LogP contribution in [-0.4, -0.2) is 43.9 Å². The summed E-state index contributed by atoms with van der Waals surface area (Å²) in [6, 6.07) is 7.70. The number of hydrogen-bond donors (Lipinski definition) is 1. The SMILES string of the molecule is Cc1nnc(NC(=O)CN2C(=O)/C(=C/c3ccccc3OC3CCCCC3)SC2=S)s1. The number of aryl methyl sites for hydroxylation is 1. The Labute approximate surface area is 194 Å². The summed E-state index contributed by atoms with van der Waals surface area (Å²) in [6.45, 7) is 1.64. The van der Waals surface area contributed by atoms with E-state index in [9.17, 15) is 9.59 Å². The van der Waals surface area contributed by atoms with Gasteiger partial charge in [-0.25, -0.2) is 0 Å². The van der Waals surface area contributed by atoms with Crippen LogP contribution in [0.15, 0.2) is 29.2 Å². The Hall–Kier alpha value is -2.30. The standard InChI is InChI=1S/C21H22N4O3S3/c1-13-23-24-20(30-13)22-18(26)12-25-19(27)17(31-21(25)29)11-14-7-5-6-10-16(14)28-15-8-3-2-4-9-15/h5-7,10-11,15H,2-4,8-9,12H2,1H3,(H,22,24,26)/b17-11-. The molecule has 2 amide bonds. The molecule has 1 saturated carbocycles. The molecule has 31 heavy (non-hydrogen) atoms. The number of aromatic nitrogens is 2. The zero-order chi connectivity index (χ0) is 21.8. The average Bonchev–Trinajstić information content (AvgIpc) is 3.27. The molecule has 1 saturated heterocycles. The summed E-state index contributed by atoms with van der Waals surface area (Å²) < 4.78 is 6.58. The number of carbonyl (C=O) groups excluding carboxylic acids is 2. The molecular weight excluding hydrogens is 452 g/mol. The molecule has 0 radical (unpaired) electrons. The van der Waals surface area contributed by atoms with Gasteiger partial charge in [-0.3, -0.25) is 19.8 Å². The molecule has 1 aliphatic heterocycles. The fourth-order valence-electron chi connectivity index (χ4n) is 3.50. The Morgan fingerprint density at radius 2 is 2.06 bits per heavy atom. The first-order valence-electron chi connectivity index (χ1n) is 10.1. The summed E-state index contributed by atoms with van der Waals surface area (Å²) in [4.78, 5) is 27.0. The first-order valence-corrected chi connectivity index (χ1v) is 12.1. The molecule has 0 atom stereocenters. The van der Waals surface area contributed by atoms with Crippen molar-refractivity contribution < 1.29 is 14.3 Å². The van der Waals surface area contributed by atoms with Crippen LogP contribution in [0.25, 0.3) is 6.08 Å². The van der Waals surface area contributed by atoms with Crippen molar-refractivity contribution in [1.29, 1.82) is 0 Å². The number of nitrogens with one attached hydrogen (secondary N) is 1. The van der Waals surface area contributed by atoms with Gasteiger partial charge < -0.3 is 4.74 Å². The van der Waals surface area contributed by atoms with E-state index >= 15 is 0 Å². The number of benzene rings is 1. The fourth-order valence-corrected chi connectivity index (χ4v) is 5.35. The summed E-state index contributed by atoms with van der Waals surface area (Å²) in [5.41, 5.74) is 0.836. The van der Waals surface area contributed by atoms with Crippen molar-refractivity contribution in [2.45, 2.75) is 45.1 Å². The van der Waals surface area contributed by atoms with E-state index in [2.05, 4.69) is 15.5 Å². The number of carbonyl (C=O) groups is 2. The van der Waals surface area contributed by atoms with Gasteiger partial charge >= 0.3 is 0 Å². The van der Waals surface area contributed by atoms with Gasteiger partial charge in [-0.05, 0) is 44.7 Å². The third-order valence-electron chi connectivity index (χ3n) is 5.00. The maximum atomic E-state index is 12.9. The first kappa shape index (κ1) is 21.9. The molecule has 10 heteroatoms. The highest BCUT2D eigenvalue weighted by Crippen LogP contribution is 2.35. The van der Waals surface area contributed by atoms with E-state index in [0.29, 0.717) is 14.4 Å². The molecule has 1 aliphatic carbocycles. The number of ether oxygens (including phenoxy) is 1. The van der Waals surface area contributed by atoms with Gasteiger partial charge in [-0.15, -0.1) is 10.2 Å². The second-order valence-electron chi connectivity index (χ2n) is 7.36. The van der Waals surface area contributed by atoms with Crippen LogP contribution in [0.1, 0.15) is 42.7 Å². The molecule has 2 aromatic rings. The molecule has 1 aromatic heterocycles. The molecular formula is C21H22N4O3S3. The molecule has 2 heterocycles. The molecule has 7 nitrogen and oxygen atoms in total. The predicted molar refractivity (Wildman–Crippen MR) is 127 cm³/mol. The van der Waals surface area contributed by atoms with Gasteiger partial charge in [0, 0.05) is 5.56 Å². The van der Waals surface area contributed by atoms with Gasteiger partial charge in [0.1, 0.15) is 21.6 Å². The number of para-hydroxylation sites is 1. The van der Waals surface area contributed by atoms with Crippen LogP contribution in [-0.2, 0) is 9.59 Å². The maximum absolute atomic E-state index is 12.9. The lowest BCUT2D eigenvalue weighted by molar-refractivity contribution is -0.126. The normalized spacial score (nSPS) is 18.6. The third kappa shape index (κ3) is 5.50. The van der Waals surface area contributed by atoms with Crippen molar-refractivity contribution in [2.75, 3.05) is 11.9 Å². The second kappa shape index (κ2) is 9.88. The van der Waals surface area contributed by atoms with E-state index in [1.807, 2.05) is 24.3 Å². The largest absolute Gasteiger partial charge is 0.490 e.